The highest BCUT2D eigenvalue weighted by atomic mass is 32.1. The summed E-state index contributed by atoms with van der Waals surface area (Å²) < 4.78 is 10.1. The molecule has 4 nitrogen and oxygen atoms in total. The highest BCUT2D eigenvalue weighted by Crippen LogP contribution is 2.23. The van der Waals surface area contributed by atoms with E-state index in [1.54, 1.807) is 29.9 Å². The number of rotatable bonds is 4. The second-order valence-electron chi connectivity index (χ2n) is 4.62. The van der Waals surface area contributed by atoms with E-state index in [0.29, 0.717) is 6.54 Å². The summed E-state index contributed by atoms with van der Waals surface area (Å²) in [5.74, 6) is -0.181. The Bertz CT molecular complexity index is 547. The third kappa shape index (κ3) is 3.05. The van der Waals surface area contributed by atoms with E-state index in [4.69, 9.17) is 9.15 Å². The lowest BCUT2D eigenvalue weighted by atomic mass is 10.1. The van der Waals surface area contributed by atoms with Crippen LogP contribution in [0.15, 0.2) is 34.5 Å². The quantitative estimate of drug-likeness (QED) is 0.805. The smallest absolute Gasteiger partial charge is 0.320 e. The molecule has 0 atom stereocenters. The first-order valence-corrected chi connectivity index (χ1v) is 7.13. The van der Waals surface area contributed by atoms with Crippen LogP contribution in [0.2, 0.25) is 0 Å². The van der Waals surface area contributed by atoms with Crippen molar-refractivity contribution in [3.8, 4) is 0 Å². The van der Waals surface area contributed by atoms with Crippen LogP contribution in [0, 0.1) is 0 Å². The van der Waals surface area contributed by atoms with E-state index < -0.39 is 0 Å². The van der Waals surface area contributed by atoms with Crippen LogP contribution in [0.5, 0.6) is 0 Å². The van der Waals surface area contributed by atoms with Crippen molar-refractivity contribution < 1.29 is 13.9 Å². The third-order valence-electron chi connectivity index (χ3n) is 3.22. The molecule has 1 aliphatic rings. The van der Waals surface area contributed by atoms with Gasteiger partial charge in [0.2, 0.25) is 0 Å². The fourth-order valence-electron chi connectivity index (χ4n) is 2.21. The number of carbonyl (C=O) groups is 1. The molecule has 5 heteroatoms. The number of hydrogen-bond donors (Lipinski definition) is 0. The van der Waals surface area contributed by atoms with E-state index in [1.807, 2.05) is 0 Å². The van der Waals surface area contributed by atoms with E-state index in [0.717, 1.165) is 25.1 Å². The Kier molecular flexibility index (Phi) is 3.66. The van der Waals surface area contributed by atoms with Gasteiger partial charge in [0.05, 0.1) is 19.1 Å². The Morgan fingerprint density at radius 3 is 3.26 bits per heavy atom. The zero-order chi connectivity index (χ0) is 13.1. The Morgan fingerprint density at radius 1 is 1.47 bits per heavy atom. The van der Waals surface area contributed by atoms with Crippen LogP contribution in [0.4, 0.5) is 0 Å². The van der Waals surface area contributed by atoms with E-state index >= 15 is 0 Å². The van der Waals surface area contributed by atoms with Crippen molar-refractivity contribution in [2.75, 3.05) is 13.1 Å². The third-order valence-corrected chi connectivity index (χ3v) is 4.24. The van der Waals surface area contributed by atoms with Crippen LogP contribution < -0.4 is 0 Å². The maximum atomic E-state index is 11.8. The molecular formula is C14H15NO3S. The molecule has 0 unspecified atom stereocenters. The van der Waals surface area contributed by atoms with Gasteiger partial charge in [0.15, 0.2) is 0 Å². The number of fused-ring (bicyclic) bond motifs is 1. The molecule has 100 valence electrons. The molecule has 0 aliphatic carbocycles. The van der Waals surface area contributed by atoms with Crippen LogP contribution >= 0.6 is 11.3 Å². The Labute approximate surface area is 115 Å². The topological polar surface area (TPSA) is 42.7 Å². The van der Waals surface area contributed by atoms with E-state index in [2.05, 4.69) is 16.3 Å². The first-order chi connectivity index (χ1) is 9.31. The minimum Gasteiger partial charge on any atom is -0.472 e. The molecule has 1 aliphatic heterocycles. The predicted molar refractivity (Wildman–Crippen MR) is 71.8 cm³/mol. The zero-order valence-corrected chi connectivity index (χ0v) is 11.3. The summed E-state index contributed by atoms with van der Waals surface area (Å²) in [6.07, 6.45) is 4.19. The van der Waals surface area contributed by atoms with Crippen LogP contribution in [-0.2, 0) is 29.1 Å². The van der Waals surface area contributed by atoms with Crippen LogP contribution in [-0.4, -0.2) is 24.0 Å². The highest BCUT2D eigenvalue weighted by molar-refractivity contribution is 7.10. The number of thiophene rings is 1. The minimum atomic E-state index is -0.181. The predicted octanol–water partition coefficient (Wildman–Crippen LogP) is 2.44. The molecule has 0 bridgehead atoms. The van der Waals surface area contributed by atoms with Crippen molar-refractivity contribution in [3.63, 3.8) is 0 Å². The van der Waals surface area contributed by atoms with Crippen molar-refractivity contribution in [1.29, 1.82) is 0 Å². The largest absolute Gasteiger partial charge is 0.472 e. The summed E-state index contributed by atoms with van der Waals surface area (Å²) >= 11 is 1.80. The minimum absolute atomic E-state index is 0.181. The summed E-state index contributed by atoms with van der Waals surface area (Å²) in [4.78, 5) is 15.3. The molecule has 3 rings (SSSR count). The summed E-state index contributed by atoms with van der Waals surface area (Å²) in [5, 5.41) is 2.12. The monoisotopic (exact) mass is 277 g/mol. The molecular weight excluding hydrogens is 262 g/mol. The van der Waals surface area contributed by atoms with Gasteiger partial charge in [0.25, 0.3) is 0 Å². The number of hydrogen-bond acceptors (Lipinski definition) is 5. The maximum Gasteiger partial charge on any atom is 0.320 e. The van der Waals surface area contributed by atoms with Crippen molar-refractivity contribution in [3.05, 3.63) is 46.0 Å². The second kappa shape index (κ2) is 5.59. The Morgan fingerprint density at radius 2 is 2.42 bits per heavy atom. The van der Waals surface area contributed by atoms with Crippen LogP contribution in [0.25, 0.3) is 0 Å². The SMILES string of the molecule is O=C(CN1CCc2sccc2C1)OCc1ccoc1. The number of carbonyl (C=O) groups excluding carboxylic acids is 1. The average molecular weight is 277 g/mol. The van der Waals surface area contributed by atoms with Crippen molar-refractivity contribution in [2.45, 2.75) is 19.6 Å². The molecule has 0 radical (unpaired) electrons. The first kappa shape index (κ1) is 12.4. The number of ether oxygens (including phenoxy) is 1. The molecule has 0 fully saturated rings. The van der Waals surface area contributed by atoms with Gasteiger partial charge in [-0.15, -0.1) is 11.3 Å². The van der Waals surface area contributed by atoms with Crippen LogP contribution in [0.1, 0.15) is 16.0 Å². The molecule has 0 spiro atoms. The van der Waals surface area contributed by atoms with Crippen molar-refractivity contribution in [1.82, 2.24) is 4.90 Å². The molecule has 0 N–H and O–H groups in total. The molecule has 0 saturated carbocycles. The van der Waals surface area contributed by atoms with E-state index in [-0.39, 0.29) is 12.6 Å². The molecule has 0 amide bonds. The van der Waals surface area contributed by atoms with Gasteiger partial charge < -0.3 is 9.15 Å². The van der Waals surface area contributed by atoms with Gasteiger partial charge in [-0.1, -0.05) is 0 Å². The summed E-state index contributed by atoms with van der Waals surface area (Å²) in [6, 6.07) is 3.94. The van der Waals surface area contributed by atoms with Crippen molar-refractivity contribution >= 4 is 17.3 Å². The normalized spacial score (nSPS) is 15.2. The van der Waals surface area contributed by atoms with Crippen molar-refractivity contribution in [2.24, 2.45) is 0 Å². The number of nitrogens with zero attached hydrogens (tertiary/aromatic N) is 1. The summed E-state index contributed by atoms with van der Waals surface area (Å²) in [5.41, 5.74) is 2.23. The fourth-order valence-corrected chi connectivity index (χ4v) is 3.10. The molecule has 19 heavy (non-hydrogen) atoms. The second-order valence-corrected chi connectivity index (χ2v) is 5.62. The lowest BCUT2D eigenvalue weighted by molar-refractivity contribution is -0.146. The number of esters is 1. The lowest BCUT2D eigenvalue weighted by Gasteiger charge is -2.25. The van der Waals surface area contributed by atoms with Gasteiger partial charge in [-0.05, 0) is 29.5 Å². The highest BCUT2D eigenvalue weighted by Gasteiger charge is 2.19. The van der Waals surface area contributed by atoms with Gasteiger partial charge in [-0.25, -0.2) is 0 Å². The fraction of sp³-hybridized carbons (Fsp3) is 0.357. The van der Waals surface area contributed by atoms with Gasteiger partial charge >= 0.3 is 5.97 Å². The lowest BCUT2D eigenvalue weighted by Crippen LogP contribution is -2.34. The van der Waals surface area contributed by atoms with E-state index in [1.165, 1.54) is 10.4 Å². The standard InChI is InChI=1S/C14H15NO3S/c16-14(18-10-11-2-5-17-9-11)8-15-4-1-13-12(7-15)3-6-19-13/h2-3,5-6,9H,1,4,7-8,10H2. The average Bonchev–Trinajstić information content (AvgIpc) is 3.07. The summed E-state index contributed by atoms with van der Waals surface area (Å²) in [6.45, 7) is 2.41. The molecule has 3 heterocycles. The molecule has 0 aromatic carbocycles. The van der Waals surface area contributed by atoms with Gasteiger partial charge in [-0.3, -0.25) is 9.69 Å². The maximum absolute atomic E-state index is 11.8. The Hall–Kier alpha value is -1.59. The molecule has 0 saturated heterocycles. The number of furan rings is 1. The first-order valence-electron chi connectivity index (χ1n) is 6.25. The van der Waals surface area contributed by atoms with Gasteiger partial charge in [0, 0.05) is 23.5 Å². The zero-order valence-electron chi connectivity index (χ0n) is 10.5. The van der Waals surface area contributed by atoms with E-state index in [9.17, 15) is 4.79 Å². The molecule has 2 aromatic rings. The molecule has 2 aromatic heterocycles. The van der Waals surface area contributed by atoms with Gasteiger partial charge in [-0.2, -0.15) is 0 Å². The van der Waals surface area contributed by atoms with Gasteiger partial charge in [0.1, 0.15) is 6.61 Å². The van der Waals surface area contributed by atoms with Crippen LogP contribution in [0.3, 0.4) is 0 Å². The Balaban J connectivity index is 1.48. The summed E-state index contributed by atoms with van der Waals surface area (Å²) in [7, 11) is 0.